The molecule has 1 fully saturated rings. The van der Waals surface area contributed by atoms with Crippen molar-refractivity contribution in [1.29, 1.82) is 0 Å². The lowest BCUT2D eigenvalue weighted by Gasteiger charge is -2.26. The second-order valence-corrected chi connectivity index (χ2v) is 8.40. The molecule has 3 aromatic rings. The highest BCUT2D eigenvalue weighted by Gasteiger charge is 2.43. The Kier molecular flexibility index (Phi) is 5.75. The number of fused-ring (bicyclic) bond motifs is 1. The van der Waals surface area contributed by atoms with Gasteiger partial charge in [-0.1, -0.05) is 35.3 Å². The minimum atomic E-state index is -4.88. The summed E-state index contributed by atoms with van der Waals surface area (Å²) in [7, 11) is 0. The highest BCUT2D eigenvalue weighted by atomic mass is 35.5. The van der Waals surface area contributed by atoms with E-state index in [0.717, 1.165) is 11.0 Å². The maximum Gasteiger partial charge on any atom is 0.432 e. The van der Waals surface area contributed by atoms with Crippen LogP contribution in [0.2, 0.25) is 10.0 Å². The quantitative estimate of drug-likeness (QED) is 0.376. The summed E-state index contributed by atoms with van der Waals surface area (Å²) in [6.07, 6.45) is -2.56. The summed E-state index contributed by atoms with van der Waals surface area (Å²) in [5, 5.41) is 3.13. The van der Waals surface area contributed by atoms with Crippen molar-refractivity contribution < 1.29 is 22.8 Å². The van der Waals surface area contributed by atoms with Crippen LogP contribution in [0.5, 0.6) is 0 Å². The summed E-state index contributed by atoms with van der Waals surface area (Å²) >= 11 is 11.9. The second kappa shape index (κ2) is 8.20. The van der Waals surface area contributed by atoms with Crippen LogP contribution in [0.3, 0.4) is 0 Å². The van der Waals surface area contributed by atoms with Gasteiger partial charge in [-0.3, -0.25) is 9.59 Å². The average molecular weight is 469 g/mol. The van der Waals surface area contributed by atoms with Crippen LogP contribution in [-0.4, -0.2) is 22.3 Å². The van der Waals surface area contributed by atoms with Crippen LogP contribution in [0, 0.1) is 0 Å². The lowest BCUT2D eigenvalue weighted by atomic mass is 9.93. The van der Waals surface area contributed by atoms with Crippen molar-refractivity contribution in [1.82, 2.24) is 9.88 Å². The lowest BCUT2D eigenvalue weighted by molar-refractivity contribution is -0.143. The van der Waals surface area contributed by atoms with Crippen molar-refractivity contribution in [2.75, 3.05) is 0 Å². The fraction of sp³-hybridized carbons (Fsp3) is 0.273. The second-order valence-electron chi connectivity index (χ2n) is 7.53. The number of nitrogens with zero attached hydrogens (tertiary/aromatic N) is 1. The molecule has 0 unspecified atom stereocenters. The summed E-state index contributed by atoms with van der Waals surface area (Å²) in [5.41, 5.74) is -1.14. The van der Waals surface area contributed by atoms with Gasteiger partial charge in [0.15, 0.2) is 0 Å². The van der Waals surface area contributed by atoms with Gasteiger partial charge < -0.3 is 9.88 Å². The van der Waals surface area contributed by atoms with Gasteiger partial charge in [-0.2, -0.15) is 13.2 Å². The van der Waals surface area contributed by atoms with Gasteiger partial charge in [0.1, 0.15) is 5.69 Å². The molecule has 1 saturated carbocycles. The molecule has 9 heteroatoms. The largest absolute Gasteiger partial charge is 0.432 e. The Morgan fingerprint density at radius 3 is 2.26 bits per heavy atom. The smallest absolute Gasteiger partial charge is 0.346 e. The maximum atomic E-state index is 14.2. The molecule has 1 N–H and O–H groups in total. The number of ketones is 1. The molecule has 162 valence electrons. The van der Waals surface area contributed by atoms with Gasteiger partial charge >= 0.3 is 6.18 Å². The number of rotatable bonds is 5. The van der Waals surface area contributed by atoms with Gasteiger partial charge in [0.25, 0.3) is 11.7 Å². The van der Waals surface area contributed by atoms with Gasteiger partial charge in [0.2, 0.25) is 0 Å². The molecule has 0 radical (unpaired) electrons. The number of hydrogen-bond donors (Lipinski definition) is 1. The Hall–Kier alpha value is -2.51. The maximum absolute atomic E-state index is 14.2. The lowest BCUT2D eigenvalue weighted by Crippen LogP contribution is -2.43. The monoisotopic (exact) mass is 468 g/mol. The zero-order valence-electron chi connectivity index (χ0n) is 16.1. The molecule has 0 aliphatic heterocycles. The first kappa shape index (κ1) is 21.7. The fourth-order valence-electron chi connectivity index (χ4n) is 3.71. The third-order valence-electron chi connectivity index (χ3n) is 5.42. The molecule has 31 heavy (non-hydrogen) atoms. The molecule has 4 nitrogen and oxygen atoms in total. The number of halogens is 5. The predicted molar refractivity (Wildman–Crippen MR) is 113 cm³/mol. The highest BCUT2D eigenvalue weighted by Crippen LogP contribution is 2.40. The Morgan fingerprint density at radius 1 is 1.03 bits per heavy atom. The van der Waals surface area contributed by atoms with Crippen molar-refractivity contribution in [2.24, 2.45) is 0 Å². The Labute approximate surface area is 185 Å². The average Bonchev–Trinajstić information content (AvgIpc) is 2.99. The van der Waals surface area contributed by atoms with Gasteiger partial charge in [0, 0.05) is 33.5 Å². The molecule has 1 aliphatic rings. The molecule has 0 spiro atoms. The summed E-state index contributed by atoms with van der Waals surface area (Å²) in [4.78, 5) is 25.4. The van der Waals surface area contributed by atoms with Crippen LogP contribution in [0.15, 0.2) is 42.5 Å². The Balaban J connectivity index is 1.89. The number of nitrogens with one attached hydrogen (secondary N) is 1. The van der Waals surface area contributed by atoms with Crippen LogP contribution >= 0.6 is 23.2 Å². The predicted octanol–water partition coefficient (Wildman–Crippen LogP) is 5.87. The third-order valence-corrected chi connectivity index (χ3v) is 5.91. The number of amides is 1. The topological polar surface area (TPSA) is 51.1 Å². The van der Waals surface area contributed by atoms with E-state index in [1.165, 1.54) is 18.2 Å². The van der Waals surface area contributed by atoms with Crippen molar-refractivity contribution >= 4 is 45.8 Å². The zero-order chi connectivity index (χ0) is 22.3. The van der Waals surface area contributed by atoms with E-state index < -0.39 is 29.1 Å². The number of hydrogen-bond acceptors (Lipinski definition) is 2. The molecule has 0 atom stereocenters. The standard InChI is InChI=1S/C22H17Cl2F3N2O2/c23-13-6-4-12(5-7-13)11-29-17-9-8-14(24)10-16(17)18(20(29)22(25,26)27)19(30)21(31)28-15-2-1-3-15/h4-10,15H,1-3,11H2,(H,28,31). The summed E-state index contributed by atoms with van der Waals surface area (Å²) in [6, 6.07) is 10.3. The van der Waals surface area contributed by atoms with Crippen molar-refractivity contribution in [3.8, 4) is 0 Å². The van der Waals surface area contributed by atoms with Crippen LogP contribution < -0.4 is 5.32 Å². The minimum absolute atomic E-state index is 0.0115. The SMILES string of the molecule is O=C(NC1CCC1)C(=O)c1c(C(F)(F)F)n(Cc2ccc(Cl)cc2)c2ccc(Cl)cc12. The van der Waals surface area contributed by atoms with Gasteiger partial charge in [-0.15, -0.1) is 0 Å². The molecule has 0 saturated heterocycles. The minimum Gasteiger partial charge on any atom is -0.346 e. The molecule has 1 heterocycles. The normalized spacial score (nSPS) is 14.5. The summed E-state index contributed by atoms with van der Waals surface area (Å²) in [6.45, 7) is -0.165. The molecular weight excluding hydrogens is 452 g/mol. The first-order valence-corrected chi connectivity index (χ1v) is 10.4. The third kappa shape index (κ3) is 4.29. The van der Waals surface area contributed by atoms with Gasteiger partial charge in [-0.05, 0) is 55.2 Å². The molecular formula is C22H17Cl2F3N2O2. The number of carbonyl (C=O) groups is 2. The molecule has 1 aliphatic carbocycles. The van der Waals surface area contributed by atoms with E-state index in [2.05, 4.69) is 5.32 Å². The van der Waals surface area contributed by atoms with E-state index in [-0.39, 0.29) is 28.5 Å². The first-order valence-electron chi connectivity index (χ1n) is 9.63. The highest BCUT2D eigenvalue weighted by molar-refractivity contribution is 6.45. The van der Waals surface area contributed by atoms with Crippen molar-refractivity contribution in [2.45, 2.75) is 38.0 Å². The number of carbonyl (C=O) groups excluding carboxylic acids is 2. The zero-order valence-corrected chi connectivity index (χ0v) is 17.6. The van der Waals surface area contributed by atoms with E-state index in [0.29, 0.717) is 23.4 Å². The molecule has 1 amide bonds. The van der Waals surface area contributed by atoms with Crippen LogP contribution in [0.1, 0.15) is 40.9 Å². The number of aromatic nitrogens is 1. The van der Waals surface area contributed by atoms with Crippen LogP contribution in [0.25, 0.3) is 10.9 Å². The number of Topliss-reactive ketones (excluding diaryl/α,β-unsaturated/α-hetero) is 1. The van der Waals surface area contributed by atoms with Crippen LogP contribution in [0.4, 0.5) is 13.2 Å². The Bertz CT molecular complexity index is 1170. The summed E-state index contributed by atoms with van der Waals surface area (Å²) in [5.74, 6) is -2.26. The molecule has 4 rings (SSSR count). The van der Waals surface area contributed by atoms with E-state index in [9.17, 15) is 22.8 Å². The number of alkyl halides is 3. The van der Waals surface area contributed by atoms with E-state index in [1.54, 1.807) is 24.3 Å². The molecule has 0 bridgehead atoms. The van der Waals surface area contributed by atoms with Gasteiger partial charge in [0.05, 0.1) is 5.56 Å². The molecule has 1 aromatic heterocycles. The Morgan fingerprint density at radius 2 is 1.68 bits per heavy atom. The number of benzene rings is 2. The van der Waals surface area contributed by atoms with Crippen molar-refractivity contribution in [3.63, 3.8) is 0 Å². The van der Waals surface area contributed by atoms with Crippen LogP contribution in [-0.2, 0) is 17.5 Å². The van der Waals surface area contributed by atoms with E-state index >= 15 is 0 Å². The van der Waals surface area contributed by atoms with Crippen molar-refractivity contribution in [3.05, 3.63) is 69.3 Å². The van der Waals surface area contributed by atoms with E-state index in [4.69, 9.17) is 23.2 Å². The summed E-state index contributed by atoms with van der Waals surface area (Å²) < 4.78 is 43.7. The van der Waals surface area contributed by atoms with E-state index in [1.807, 2.05) is 0 Å². The molecule has 2 aromatic carbocycles. The van der Waals surface area contributed by atoms with Gasteiger partial charge in [-0.25, -0.2) is 0 Å². The first-order chi connectivity index (χ1) is 14.6. The fourth-order valence-corrected chi connectivity index (χ4v) is 4.00.